The first-order valence-electron chi connectivity index (χ1n) is 16.9. The Kier molecular flexibility index (Phi) is 10.0. The van der Waals surface area contributed by atoms with Gasteiger partial charge in [0.15, 0.2) is 0 Å². The highest BCUT2D eigenvalue weighted by molar-refractivity contribution is 7.91. The fourth-order valence-corrected chi connectivity index (χ4v) is 8.33. The van der Waals surface area contributed by atoms with E-state index in [-0.39, 0.29) is 38.9 Å². The molecule has 4 bridgehead atoms. The van der Waals surface area contributed by atoms with Gasteiger partial charge in [-0.1, -0.05) is 36.4 Å². The molecule has 6 rings (SSSR count). The molecule has 1 aromatic carbocycles. The van der Waals surface area contributed by atoms with Crippen molar-refractivity contribution in [2.24, 2.45) is 5.92 Å². The predicted molar refractivity (Wildman–Crippen MR) is 175 cm³/mol. The number of hydrogen-bond donors (Lipinski definition) is 3. The lowest BCUT2D eigenvalue weighted by atomic mass is 10.0. The van der Waals surface area contributed by atoms with Gasteiger partial charge in [-0.2, -0.15) is 0 Å². The highest BCUT2D eigenvalue weighted by Crippen LogP contribution is 2.45. The van der Waals surface area contributed by atoms with E-state index in [0.717, 1.165) is 21.6 Å². The van der Waals surface area contributed by atoms with Gasteiger partial charge < -0.3 is 20.3 Å². The Morgan fingerprint density at radius 2 is 1.94 bits per heavy atom. The molecule has 16 heteroatoms. The van der Waals surface area contributed by atoms with Crippen LogP contribution in [0.4, 0.5) is 13.6 Å². The van der Waals surface area contributed by atoms with Crippen molar-refractivity contribution >= 4 is 45.8 Å². The minimum atomic E-state index is -3.96. The Bertz CT molecular complexity index is 1720. The molecule has 2 aliphatic carbocycles. The van der Waals surface area contributed by atoms with Gasteiger partial charge >= 0.3 is 6.09 Å². The van der Waals surface area contributed by atoms with Crippen LogP contribution in [0.3, 0.4) is 0 Å². The number of carbonyl (C=O) groups is 5. The number of benzene rings is 1. The Labute approximate surface area is 288 Å². The molecular weight excluding hydrogens is 676 g/mol. The zero-order chi connectivity index (χ0) is 35.8. The van der Waals surface area contributed by atoms with E-state index < -0.39 is 87.5 Å². The van der Waals surface area contributed by atoms with E-state index in [4.69, 9.17) is 4.74 Å². The minimum absolute atomic E-state index is 0.00888. The zero-order valence-electron chi connectivity index (χ0n) is 27.4. The van der Waals surface area contributed by atoms with Crippen LogP contribution in [0.1, 0.15) is 74.5 Å². The van der Waals surface area contributed by atoms with Gasteiger partial charge in [0.25, 0.3) is 5.91 Å². The largest absolute Gasteiger partial charge is 0.444 e. The third-order valence-corrected chi connectivity index (χ3v) is 11.8. The Morgan fingerprint density at radius 3 is 2.64 bits per heavy atom. The molecule has 3 fully saturated rings. The number of carbonyl (C=O) groups excluding carboxylic acids is 5. The van der Waals surface area contributed by atoms with E-state index in [0.29, 0.717) is 32.1 Å². The lowest BCUT2D eigenvalue weighted by Gasteiger charge is -2.29. The molecule has 3 heterocycles. The average Bonchev–Trinajstić information content (AvgIpc) is 3.95. The quantitative estimate of drug-likeness (QED) is 0.345. The molecule has 50 heavy (non-hydrogen) atoms. The van der Waals surface area contributed by atoms with Crippen molar-refractivity contribution in [2.45, 2.75) is 106 Å². The SMILES string of the molecule is C=C[C@@H]1C[C@@]1(NC(=O)[C@@H]1C[C@@H]2CN1C(=O)[C@H](CC(F)F)NC(=O)CCCC/C=C/c1cccc3c1CN(C3)C(=O)O2)C(=O)NS(=O)(=O)C1CC1. The first-order chi connectivity index (χ1) is 23.8. The number of fused-ring (bicyclic) bond motifs is 3. The first kappa shape index (κ1) is 35.5. The number of amides is 5. The summed E-state index contributed by atoms with van der Waals surface area (Å²) < 4.78 is 60.5. The topological polar surface area (TPSA) is 171 Å². The highest BCUT2D eigenvalue weighted by atomic mass is 32.2. The van der Waals surface area contributed by atoms with E-state index in [2.05, 4.69) is 21.9 Å². The molecular formula is C34H41F2N5O8S. The first-order valence-corrected chi connectivity index (χ1v) is 18.5. The number of halogens is 2. The number of ether oxygens (including phenoxy) is 1. The maximum absolute atomic E-state index is 14.0. The number of hydrogen-bond acceptors (Lipinski definition) is 8. The summed E-state index contributed by atoms with van der Waals surface area (Å²) in [6.45, 7) is 3.89. The van der Waals surface area contributed by atoms with Gasteiger partial charge in [0, 0.05) is 31.7 Å². The van der Waals surface area contributed by atoms with Gasteiger partial charge in [0.1, 0.15) is 23.7 Å². The summed E-state index contributed by atoms with van der Waals surface area (Å²) in [4.78, 5) is 69.9. The van der Waals surface area contributed by atoms with Crippen molar-refractivity contribution in [3.8, 4) is 0 Å². The standard InChI is InChI=1S/C34H41F2N5O8S/c1-2-22-16-34(22,32(45)39-50(47,48)24-12-13-24)38-30(43)27-14-23-18-41(27)31(44)26(15-28(35)36)37-29(42)11-6-4-3-5-8-20-9-7-10-21-17-40(19-25(20)21)33(46)49-23/h2,5,7-10,22-24,26-28H,1,3-4,6,11-19H2,(H,37,42)(H,38,43)(H,39,45)/b8-5+/t22-,23-,26+,27+,34+/m1/s1. The Morgan fingerprint density at radius 1 is 1.16 bits per heavy atom. The average molecular weight is 718 g/mol. The molecule has 5 amide bonds. The molecule has 3 aliphatic heterocycles. The van der Waals surface area contributed by atoms with Crippen molar-refractivity contribution in [3.63, 3.8) is 0 Å². The number of sulfonamides is 1. The van der Waals surface area contributed by atoms with E-state index in [9.17, 15) is 41.2 Å². The number of rotatable bonds is 8. The lowest BCUT2D eigenvalue weighted by molar-refractivity contribution is -0.143. The van der Waals surface area contributed by atoms with Gasteiger partial charge in [-0.15, -0.1) is 6.58 Å². The van der Waals surface area contributed by atoms with Crippen LogP contribution in [-0.2, 0) is 47.0 Å². The fourth-order valence-electron chi connectivity index (χ4n) is 6.97. The summed E-state index contributed by atoms with van der Waals surface area (Å²) >= 11 is 0. The van der Waals surface area contributed by atoms with Gasteiger partial charge in [-0.3, -0.25) is 28.8 Å². The molecule has 0 unspecified atom stereocenters. The van der Waals surface area contributed by atoms with Gasteiger partial charge in [0.2, 0.25) is 34.2 Å². The molecule has 3 N–H and O–H groups in total. The maximum Gasteiger partial charge on any atom is 0.410 e. The molecule has 0 radical (unpaired) electrons. The summed E-state index contributed by atoms with van der Waals surface area (Å²) in [7, 11) is -3.96. The number of allylic oxidation sites excluding steroid dienone is 1. The third-order valence-electron chi connectivity index (χ3n) is 10.0. The maximum atomic E-state index is 14.0. The van der Waals surface area contributed by atoms with Crippen LogP contribution in [0, 0.1) is 5.92 Å². The molecule has 0 spiro atoms. The number of alkyl halides is 2. The summed E-state index contributed by atoms with van der Waals surface area (Å²) in [6.07, 6.45) is 1.96. The molecule has 0 aromatic heterocycles. The van der Waals surface area contributed by atoms with Crippen LogP contribution < -0.4 is 15.4 Å². The number of nitrogens with one attached hydrogen (secondary N) is 3. The Balaban J connectivity index is 1.26. The monoisotopic (exact) mass is 717 g/mol. The second-order valence-electron chi connectivity index (χ2n) is 13.7. The van der Waals surface area contributed by atoms with Crippen molar-refractivity contribution in [1.29, 1.82) is 0 Å². The molecule has 1 saturated heterocycles. The fraction of sp³-hybridized carbons (Fsp3) is 0.559. The van der Waals surface area contributed by atoms with Crippen LogP contribution in [0.25, 0.3) is 6.08 Å². The summed E-state index contributed by atoms with van der Waals surface area (Å²) in [5.41, 5.74) is 1.18. The molecule has 5 aliphatic rings. The molecule has 1 aromatic rings. The van der Waals surface area contributed by atoms with E-state index in [1.807, 2.05) is 30.4 Å². The van der Waals surface area contributed by atoms with E-state index >= 15 is 0 Å². The minimum Gasteiger partial charge on any atom is -0.444 e. The van der Waals surface area contributed by atoms with Gasteiger partial charge in [-0.25, -0.2) is 22.0 Å². The van der Waals surface area contributed by atoms with Crippen LogP contribution >= 0.6 is 0 Å². The molecule has 2 saturated carbocycles. The summed E-state index contributed by atoms with van der Waals surface area (Å²) in [5.74, 6) is -4.00. The normalized spacial score (nSPS) is 29.3. The van der Waals surface area contributed by atoms with Crippen LogP contribution in [0.15, 0.2) is 36.9 Å². The Hall–Kier alpha value is -4.34. The molecule has 270 valence electrons. The van der Waals surface area contributed by atoms with Crippen LogP contribution in [0.5, 0.6) is 0 Å². The second kappa shape index (κ2) is 14.1. The van der Waals surface area contributed by atoms with Crippen molar-refractivity contribution < 1.29 is 45.9 Å². The summed E-state index contributed by atoms with van der Waals surface area (Å²) in [6, 6.07) is 2.68. The summed E-state index contributed by atoms with van der Waals surface area (Å²) in [5, 5.41) is 4.32. The van der Waals surface area contributed by atoms with E-state index in [1.165, 1.54) is 11.0 Å². The van der Waals surface area contributed by atoms with Crippen molar-refractivity contribution in [2.75, 3.05) is 6.54 Å². The molecule has 5 atom stereocenters. The smallest absolute Gasteiger partial charge is 0.410 e. The predicted octanol–water partition coefficient (Wildman–Crippen LogP) is 2.50. The zero-order valence-corrected chi connectivity index (χ0v) is 28.3. The van der Waals surface area contributed by atoms with Gasteiger partial charge in [-0.05, 0) is 55.2 Å². The lowest BCUT2D eigenvalue weighted by Crippen LogP contribution is -2.58. The highest BCUT2D eigenvalue weighted by Gasteiger charge is 2.62. The van der Waals surface area contributed by atoms with E-state index in [1.54, 1.807) is 0 Å². The van der Waals surface area contributed by atoms with Crippen LogP contribution in [0.2, 0.25) is 0 Å². The number of nitrogens with zero attached hydrogens (tertiary/aromatic N) is 2. The molecule has 13 nitrogen and oxygen atoms in total. The third kappa shape index (κ3) is 7.54. The second-order valence-corrected chi connectivity index (χ2v) is 15.6. The van der Waals surface area contributed by atoms with Gasteiger partial charge in [0.05, 0.1) is 18.3 Å². The van der Waals surface area contributed by atoms with Crippen molar-refractivity contribution in [3.05, 3.63) is 53.6 Å². The van der Waals surface area contributed by atoms with Crippen LogP contribution in [-0.4, -0.2) is 89.9 Å². The van der Waals surface area contributed by atoms with Crippen molar-refractivity contribution in [1.82, 2.24) is 25.2 Å².